The zero-order valence-electron chi connectivity index (χ0n) is 19.0. The molecule has 1 amide bonds. The Bertz CT molecular complexity index is 1330. The van der Waals surface area contributed by atoms with Crippen LogP contribution in [-0.4, -0.2) is 23.1 Å². The Balaban J connectivity index is 1.39. The number of ether oxygens (including phenoxy) is 2. The van der Waals surface area contributed by atoms with Gasteiger partial charge in [-0.25, -0.2) is 0 Å². The maximum absolute atomic E-state index is 12.8. The lowest BCUT2D eigenvalue weighted by Gasteiger charge is -2.11. The molecular formula is C27H25BrN2O4. The van der Waals surface area contributed by atoms with Gasteiger partial charge >= 0.3 is 5.97 Å². The Morgan fingerprint density at radius 3 is 2.47 bits per heavy atom. The highest BCUT2D eigenvalue weighted by atomic mass is 79.9. The Hall–Kier alpha value is -3.58. The third-order valence-corrected chi connectivity index (χ3v) is 5.96. The summed E-state index contributed by atoms with van der Waals surface area (Å²) in [4.78, 5) is 24.6. The lowest BCUT2D eigenvalue weighted by atomic mass is 10.1. The molecule has 4 rings (SSSR count). The van der Waals surface area contributed by atoms with Crippen LogP contribution in [0.5, 0.6) is 11.5 Å². The first-order valence-corrected chi connectivity index (χ1v) is 11.8. The molecule has 4 aromatic rings. The maximum Gasteiger partial charge on any atom is 0.310 e. The Kier molecular flexibility index (Phi) is 7.33. The van der Waals surface area contributed by atoms with Crippen LogP contribution in [0.1, 0.15) is 29.4 Å². The van der Waals surface area contributed by atoms with Crippen LogP contribution >= 0.6 is 15.9 Å². The van der Waals surface area contributed by atoms with E-state index in [0.29, 0.717) is 29.5 Å². The van der Waals surface area contributed by atoms with Gasteiger partial charge in [-0.2, -0.15) is 0 Å². The van der Waals surface area contributed by atoms with Gasteiger partial charge in [-0.1, -0.05) is 31.2 Å². The van der Waals surface area contributed by atoms with E-state index in [0.717, 1.165) is 27.4 Å². The van der Waals surface area contributed by atoms with Crippen LogP contribution in [0.2, 0.25) is 0 Å². The van der Waals surface area contributed by atoms with Crippen molar-refractivity contribution in [3.63, 3.8) is 0 Å². The Morgan fingerprint density at radius 2 is 1.76 bits per heavy atom. The number of rotatable bonds is 8. The average molecular weight is 521 g/mol. The number of anilines is 1. The number of aromatic nitrogens is 1. The minimum absolute atomic E-state index is 0.178. The van der Waals surface area contributed by atoms with Crippen LogP contribution < -0.4 is 10.1 Å². The summed E-state index contributed by atoms with van der Waals surface area (Å²) in [5, 5.41) is 3.96. The second-order valence-electron chi connectivity index (χ2n) is 7.89. The van der Waals surface area contributed by atoms with Crippen molar-refractivity contribution in [3.8, 4) is 11.5 Å². The number of para-hydroxylation sites is 1. The van der Waals surface area contributed by atoms with Gasteiger partial charge in [0.05, 0.1) is 17.5 Å². The first-order valence-electron chi connectivity index (χ1n) is 11.0. The number of carbonyl (C=O) groups is 2. The van der Waals surface area contributed by atoms with Crippen molar-refractivity contribution in [1.82, 2.24) is 4.57 Å². The number of amides is 1. The van der Waals surface area contributed by atoms with Crippen LogP contribution in [0.15, 0.2) is 77.3 Å². The molecule has 3 aromatic carbocycles. The third-order valence-electron chi connectivity index (χ3n) is 5.34. The van der Waals surface area contributed by atoms with Crippen molar-refractivity contribution in [1.29, 1.82) is 0 Å². The summed E-state index contributed by atoms with van der Waals surface area (Å²) >= 11 is 3.51. The molecule has 1 aromatic heterocycles. The molecule has 174 valence electrons. The van der Waals surface area contributed by atoms with Crippen LogP contribution in [-0.2, 0) is 23.0 Å². The van der Waals surface area contributed by atoms with Crippen LogP contribution in [0.3, 0.4) is 0 Å². The van der Waals surface area contributed by atoms with E-state index in [1.807, 2.05) is 67.1 Å². The molecule has 1 N–H and O–H groups in total. The smallest absolute Gasteiger partial charge is 0.310 e. The van der Waals surface area contributed by atoms with E-state index in [2.05, 4.69) is 21.2 Å². The monoisotopic (exact) mass is 520 g/mol. The molecule has 7 heteroatoms. The van der Waals surface area contributed by atoms with E-state index < -0.39 is 0 Å². The van der Waals surface area contributed by atoms with Gasteiger partial charge in [-0.15, -0.1) is 0 Å². The van der Waals surface area contributed by atoms with Gasteiger partial charge in [-0.05, 0) is 76.4 Å². The summed E-state index contributed by atoms with van der Waals surface area (Å²) in [7, 11) is 1.88. The molecule has 0 unspecified atom stereocenters. The van der Waals surface area contributed by atoms with Crippen molar-refractivity contribution < 1.29 is 19.1 Å². The van der Waals surface area contributed by atoms with Crippen molar-refractivity contribution >= 4 is 44.4 Å². The first-order chi connectivity index (χ1) is 16.4. The zero-order chi connectivity index (χ0) is 24.1. The summed E-state index contributed by atoms with van der Waals surface area (Å²) in [5.41, 5.74) is 3.10. The highest BCUT2D eigenvalue weighted by Crippen LogP contribution is 2.31. The normalized spacial score (nSPS) is 10.8. The van der Waals surface area contributed by atoms with E-state index in [4.69, 9.17) is 9.47 Å². The van der Waals surface area contributed by atoms with Crippen molar-refractivity contribution in [2.75, 3.05) is 11.9 Å². The van der Waals surface area contributed by atoms with E-state index in [1.165, 1.54) is 0 Å². The Labute approximate surface area is 206 Å². The third kappa shape index (κ3) is 5.48. The molecule has 0 saturated carbocycles. The van der Waals surface area contributed by atoms with Gasteiger partial charge in [-0.3, -0.25) is 9.59 Å². The average Bonchev–Trinajstić information content (AvgIpc) is 3.17. The highest BCUT2D eigenvalue weighted by Gasteiger charge is 2.14. The minimum Gasteiger partial charge on any atom is -0.465 e. The second kappa shape index (κ2) is 10.6. The molecule has 0 spiro atoms. The molecule has 34 heavy (non-hydrogen) atoms. The number of hydrogen-bond donors (Lipinski definition) is 1. The number of halogens is 1. The van der Waals surface area contributed by atoms with Gasteiger partial charge in [0, 0.05) is 23.6 Å². The molecule has 0 radical (unpaired) electrons. The van der Waals surface area contributed by atoms with Gasteiger partial charge in [0.2, 0.25) is 0 Å². The summed E-state index contributed by atoms with van der Waals surface area (Å²) in [6.07, 6.45) is 1.01. The van der Waals surface area contributed by atoms with Crippen LogP contribution in [0, 0.1) is 0 Å². The van der Waals surface area contributed by atoms with Gasteiger partial charge in [0.1, 0.15) is 17.2 Å². The number of carbonyl (C=O) groups excluding carboxylic acids is 2. The van der Waals surface area contributed by atoms with E-state index >= 15 is 0 Å². The SMILES string of the molecule is CCCOC(=O)Cc1ccc(Oc2ccc(NC(=O)c3cc4ccccc4n3C)cc2)c(Br)c1. The molecule has 1 heterocycles. The summed E-state index contributed by atoms with van der Waals surface area (Å²) in [6, 6.07) is 22.4. The molecular weight excluding hydrogens is 496 g/mol. The fourth-order valence-corrected chi connectivity index (χ4v) is 4.11. The number of benzene rings is 3. The van der Waals surface area contributed by atoms with Crippen LogP contribution in [0.4, 0.5) is 5.69 Å². The quantitative estimate of drug-likeness (QED) is 0.270. The minimum atomic E-state index is -0.247. The number of hydrogen-bond acceptors (Lipinski definition) is 4. The molecule has 0 atom stereocenters. The summed E-state index contributed by atoms with van der Waals surface area (Å²) in [6.45, 7) is 2.39. The first kappa shape index (κ1) is 23.6. The molecule has 0 fully saturated rings. The number of nitrogens with zero attached hydrogens (tertiary/aromatic N) is 1. The second-order valence-corrected chi connectivity index (χ2v) is 8.74. The molecule has 0 aliphatic carbocycles. The van der Waals surface area contributed by atoms with Crippen LogP contribution in [0.25, 0.3) is 10.9 Å². The molecule has 0 aliphatic heterocycles. The van der Waals surface area contributed by atoms with Gasteiger partial charge in [0.15, 0.2) is 0 Å². The van der Waals surface area contributed by atoms with E-state index in [1.54, 1.807) is 24.3 Å². The lowest BCUT2D eigenvalue weighted by Crippen LogP contribution is -2.15. The van der Waals surface area contributed by atoms with Gasteiger partial charge in [0.25, 0.3) is 5.91 Å². The number of aryl methyl sites for hydroxylation is 1. The summed E-state index contributed by atoms with van der Waals surface area (Å²) < 4.78 is 13.7. The van der Waals surface area contributed by atoms with E-state index in [-0.39, 0.29) is 18.3 Å². The Morgan fingerprint density at radius 1 is 1.00 bits per heavy atom. The predicted molar refractivity (Wildman–Crippen MR) is 136 cm³/mol. The highest BCUT2D eigenvalue weighted by molar-refractivity contribution is 9.10. The van der Waals surface area contributed by atoms with Crippen molar-refractivity contribution in [2.45, 2.75) is 19.8 Å². The fraction of sp³-hybridized carbons (Fsp3) is 0.185. The standard InChI is InChI=1S/C27H25BrN2O4/c1-3-14-33-26(31)16-18-8-13-25(22(28)15-18)34-21-11-9-20(10-12-21)29-27(32)24-17-19-6-4-5-7-23(19)30(24)2/h4-13,15,17H,3,14,16H2,1-2H3,(H,29,32). The zero-order valence-corrected chi connectivity index (χ0v) is 20.6. The maximum atomic E-state index is 12.8. The molecule has 6 nitrogen and oxygen atoms in total. The lowest BCUT2D eigenvalue weighted by molar-refractivity contribution is -0.142. The predicted octanol–water partition coefficient (Wildman–Crippen LogP) is 6.48. The number of esters is 1. The van der Waals surface area contributed by atoms with Crippen molar-refractivity contribution in [3.05, 3.63) is 88.5 Å². The molecule has 0 aliphatic rings. The number of fused-ring (bicyclic) bond motifs is 1. The molecule has 0 bridgehead atoms. The molecule has 0 saturated heterocycles. The van der Waals surface area contributed by atoms with Gasteiger partial charge < -0.3 is 19.4 Å². The topological polar surface area (TPSA) is 69.6 Å². The van der Waals surface area contributed by atoms with E-state index in [9.17, 15) is 9.59 Å². The largest absolute Gasteiger partial charge is 0.465 e. The summed E-state index contributed by atoms with van der Waals surface area (Å²) in [5.74, 6) is 0.822. The number of nitrogens with one attached hydrogen (secondary N) is 1. The van der Waals surface area contributed by atoms with Crippen molar-refractivity contribution in [2.24, 2.45) is 7.05 Å². The fourth-order valence-electron chi connectivity index (χ4n) is 3.61.